The average Bonchev–Trinajstić information content (AvgIpc) is 2.65. The number of hydrogen-bond acceptors (Lipinski definition) is 2. The monoisotopic (exact) mass is 280 g/mol. The van der Waals surface area contributed by atoms with Crippen LogP contribution in [-0.2, 0) is 9.59 Å². The van der Waals surface area contributed by atoms with Crippen molar-refractivity contribution in [2.45, 2.75) is 72.5 Å². The van der Waals surface area contributed by atoms with Gasteiger partial charge in [-0.1, -0.05) is 34.6 Å². The summed E-state index contributed by atoms with van der Waals surface area (Å²) in [6.07, 6.45) is 2.16. The van der Waals surface area contributed by atoms with Crippen LogP contribution in [0.15, 0.2) is 0 Å². The summed E-state index contributed by atoms with van der Waals surface area (Å²) < 4.78 is 0. The van der Waals surface area contributed by atoms with E-state index in [0.717, 1.165) is 12.8 Å². The van der Waals surface area contributed by atoms with Crippen LogP contribution in [-0.4, -0.2) is 34.8 Å². The molecule has 2 aliphatic rings. The van der Waals surface area contributed by atoms with Crippen molar-refractivity contribution in [3.05, 3.63) is 0 Å². The lowest BCUT2D eigenvalue weighted by atomic mass is 9.83. The lowest BCUT2D eigenvalue weighted by Crippen LogP contribution is -2.68. The zero-order valence-electron chi connectivity index (χ0n) is 13.6. The molecular weight excluding hydrogens is 252 g/mol. The van der Waals surface area contributed by atoms with Crippen LogP contribution in [0.5, 0.6) is 0 Å². The Kier molecular flexibility index (Phi) is 3.87. The maximum atomic E-state index is 12.9. The van der Waals surface area contributed by atoms with Crippen molar-refractivity contribution in [2.24, 2.45) is 17.3 Å². The molecule has 1 saturated carbocycles. The fraction of sp³-hybridized carbons (Fsp3) is 0.875. The molecule has 1 N–H and O–H groups in total. The Labute approximate surface area is 122 Å². The van der Waals surface area contributed by atoms with E-state index in [4.69, 9.17) is 0 Å². The number of nitrogens with zero attached hydrogens (tertiary/aromatic N) is 1. The zero-order valence-corrected chi connectivity index (χ0v) is 13.6. The first-order valence-electron chi connectivity index (χ1n) is 7.77. The molecule has 20 heavy (non-hydrogen) atoms. The van der Waals surface area contributed by atoms with E-state index in [1.165, 1.54) is 0 Å². The number of nitrogens with one attached hydrogen (secondary N) is 1. The Morgan fingerprint density at radius 3 is 2.15 bits per heavy atom. The molecule has 114 valence electrons. The van der Waals surface area contributed by atoms with Crippen molar-refractivity contribution in [1.82, 2.24) is 10.2 Å². The summed E-state index contributed by atoms with van der Waals surface area (Å²) >= 11 is 0. The second-order valence-electron chi connectivity index (χ2n) is 7.71. The minimum Gasteiger partial charge on any atom is -0.342 e. The summed E-state index contributed by atoms with van der Waals surface area (Å²) in [5, 5.41) is 2.91. The van der Waals surface area contributed by atoms with Gasteiger partial charge in [0.05, 0.1) is 0 Å². The van der Waals surface area contributed by atoms with Gasteiger partial charge in [0, 0.05) is 6.04 Å². The molecule has 0 radical (unpaired) electrons. The highest BCUT2D eigenvalue weighted by Crippen LogP contribution is 2.37. The smallest absolute Gasteiger partial charge is 0.246 e. The van der Waals surface area contributed by atoms with Crippen LogP contribution in [0.2, 0.25) is 0 Å². The summed E-state index contributed by atoms with van der Waals surface area (Å²) in [5.74, 6) is 1.16. The highest BCUT2D eigenvalue weighted by molar-refractivity contribution is 5.97. The number of amides is 2. The first kappa shape index (κ1) is 15.3. The van der Waals surface area contributed by atoms with Crippen molar-refractivity contribution < 1.29 is 9.59 Å². The SMILES string of the molecule is CC1CCC(N2C(=O)C(C(C)(C)C)NC(=O)C2C)C1C. The fourth-order valence-electron chi connectivity index (χ4n) is 3.56. The van der Waals surface area contributed by atoms with E-state index in [1.807, 2.05) is 32.6 Å². The lowest BCUT2D eigenvalue weighted by molar-refractivity contribution is -0.155. The van der Waals surface area contributed by atoms with Gasteiger partial charge in [-0.3, -0.25) is 9.59 Å². The Hall–Kier alpha value is -1.06. The van der Waals surface area contributed by atoms with Crippen LogP contribution in [0.25, 0.3) is 0 Å². The maximum absolute atomic E-state index is 12.9. The summed E-state index contributed by atoms with van der Waals surface area (Å²) in [6, 6.07) is -0.545. The van der Waals surface area contributed by atoms with Crippen LogP contribution >= 0.6 is 0 Å². The summed E-state index contributed by atoms with van der Waals surface area (Å²) in [6.45, 7) is 12.3. The third kappa shape index (κ3) is 2.45. The van der Waals surface area contributed by atoms with Gasteiger partial charge in [-0.05, 0) is 37.0 Å². The molecule has 1 aliphatic heterocycles. The number of rotatable bonds is 1. The van der Waals surface area contributed by atoms with Gasteiger partial charge in [-0.25, -0.2) is 0 Å². The van der Waals surface area contributed by atoms with Gasteiger partial charge in [-0.2, -0.15) is 0 Å². The number of carbonyl (C=O) groups is 2. The van der Waals surface area contributed by atoms with E-state index < -0.39 is 6.04 Å². The lowest BCUT2D eigenvalue weighted by Gasteiger charge is -2.46. The summed E-state index contributed by atoms with van der Waals surface area (Å²) in [4.78, 5) is 27.0. The second kappa shape index (κ2) is 5.05. The predicted molar refractivity (Wildman–Crippen MR) is 79.0 cm³/mol. The molecule has 1 heterocycles. The van der Waals surface area contributed by atoms with E-state index in [1.54, 1.807) is 0 Å². The van der Waals surface area contributed by atoms with Crippen LogP contribution in [0.1, 0.15) is 54.4 Å². The number of piperazine rings is 1. The predicted octanol–water partition coefficient (Wildman–Crippen LogP) is 2.18. The summed E-state index contributed by atoms with van der Waals surface area (Å²) in [7, 11) is 0. The highest BCUT2D eigenvalue weighted by Gasteiger charge is 2.48. The van der Waals surface area contributed by atoms with Gasteiger partial charge in [0.2, 0.25) is 11.8 Å². The molecule has 4 nitrogen and oxygen atoms in total. The Bertz CT molecular complexity index is 413. The Balaban J connectivity index is 2.30. The molecule has 2 fully saturated rings. The van der Waals surface area contributed by atoms with Crippen molar-refractivity contribution in [1.29, 1.82) is 0 Å². The van der Waals surface area contributed by atoms with Crippen molar-refractivity contribution >= 4 is 11.8 Å². The molecule has 0 bridgehead atoms. The molecule has 2 amide bonds. The second-order valence-corrected chi connectivity index (χ2v) is 7.71. The Morgan fingerprint density at radius 2 is 1.70 bits per heavy atom. The van der Waals surface area contributed by atoms with E-state index in [-0.39, 0.29) is 29.3 Å². The quantitative estimate of drug-likeness (QED) is 0.800. The van der Waals surface area contributed by atoms with E-state index in [9.17, 15) is 9.59 Å². The van der Waals surface area contributed by atoms with Crippen LogP contribution in [0.4, 0.5) is 0 Å². The number of hydrogen-bond donors (Lipinski definition) is 1. The normalized spacial score (nSPS) is 39.1. The molecule has 1 aliphatic carbocycles. The van der Waals surface area contributed by atoms with Crippen LogP contribution < -0.4 is 5.32 Å². The molecule has 0 aromatic rings. The molecule has 1 saturated heterocycles. The molecule has 0 spiro atoms. The number of carbonyl (C=O) groups excluding carboxylic acids is 2. The molecule has 5 atom stereocenters. The van der Waals surface area contributed by atoms with Gasteiger partial charge in [0.25, 0.3) is 0 Å². The topological polar surface area (TPSA) is 49.4 Å². The first-order chi connectivity index (χ1) is 9.14. The molecule has 4 heteroatoms. The molecule has 2 rings (SSSR count). The van der Waals surface area contributed by atoms with Crippen molar-refractivity contribution in [3.8, 4) is 0 Å². The van der Waals surface area contributed by atoms with Crippen molar-refractivity contribution in [3.63, 3.8) is 0 Å². The van der Waals surface area contributed by atoms with E-state index >= 15 is 0 Å². The Morgan fingerprint density at radius 1 is 1.10 bits per heavy atom. The van der Waals surface area contributed by atoms with Gasteiger partial charge in [0.15, 0.2) is 0 Å². The highest BCUT2D eigenvalue weighted by atomic mass is 16.2. The van der Waals surface area contributed by atoms with Gasteiger partial charge < -0.3 is 10.2 Å². The standard InChI is InChI=1S/C16H28N2O2/c1-9-7-8-12(10(9)2)18-11(3)14(19)17-13(15(18)20)16(4,5)6/h9-13H,7-8H2,1-6H3,(H,17,19). The van der Waals surface area contributed by atoms with Gasteiger partial charge in [0.1, 0.15) is 12.1 Å². The minimum atomic E-state index is -0.408. The van der Waals surface area contributed by atoms with Gasteiger partial charge in [-0.15, -0.1) is 0 Å². The van der Waals surface area contributed by atoms with Crippen molar-refractivity contribution in [2.75, 3.05) is 0 Å². The third-order valence-electron chi connectivity index (χ3n) is 5.23. The molecule has 5 unspecified atom stereocenters. The fourth-order valence-corrected chi connectivity index (χ4v) is 3.56. The molecule has 0 aromatic carbocycles. The average molecular weight is 280 g/mol. The molecular formula is C16H28N2O2. The first-order valence-corrected chi connectivity index (χ1v) is 7.77. The van der Waals surface area contributed by atoms with Gasteiger partial charge >= 0.3 is 0 Å². The minimum absolute atomic E-state index is 0.0173. The summed E-state index contributed by atoms with van der Waals surface area (Å²) in [5.41, 5.74) is -0.251. The maximum Gasteiger partial charge on any atom is 0.246 e. The third-order valence-corrected chi connectivity index (χ3v) is 5.23. The molecule has 0 aromatic heterocycles. The van der Waals surface area contributed by atoms with Crippen LogP contribution in [0.3, 0.4) is 0 Å². The zero-order chi connectivity index (χ0) is 15.2. The largest absolute Gasteiger partial charge is 0.342 e. The van der Waals surface area contributed by atoms with E-state index in [0.29, 0.717) is 11.8 Å². The van der Waals surface area contributed by atoms with Crippen LogP contribution in [0, 0.1) is 17.3 Å². The van der Waals surface area contributed by atoms with E-state index in [2.05, 4.69) is 19.2 Å².